The Morgan fingerprint density at radius 2 is 2.06 bits per heavy atom. The van der Waals surface area contributed by atoms with Gasteiger partial charge in [0.25, 0.3) is 0 Å². The molecule has 0 aliphatic heterocycles. The molecule has 0 unspecified atom stereocenters. The number of aryl methyl sites for hydroxylation is 1. The molecule has 2 N–H and O–H groups in total. The standard InChI is InChI=1S/C10H13NO4S/c1-7-5-8(3-4-9(7)11)16(13,14)6-10(12)15-2/h3-5H,6,11H2,1-2H3. The zero-order chi connectivity index (χ0) is 12.3. The molecule has 1 aromatic carbocycles. The quantitative estimate of drug-likeness (QED) is 0.618. The van der Waals surface area contributed by atoms with E-state index in [1.807, 2.05) is 0 Å². The van der Waals surface area contributed by atoms with E-state index in [-0.39, 0.29) is 4.90 Å². The number of carbonyl (C=O) groups excluding carboxylic acids is 1. The molecule has 0 aromatic heterocycles. The van der Waals surface area contributed by atoms with Crippen molar-refractivity contribution in [3.8, 4) is 0 Å². The van der Waals surface area contributed by atoms with Crippen LogP contribution in [0.1, 0.15) is 5.56 Å². The molecule has 0 heterocycles. The Bertz CT molecular complexity index is 508. The van der Waals surface area contributed by atoms with Gasteiger partial charge in [-0.2, -0.15) is 0 Å². The van der Waals surface area contributed by atoms with Crippen molar-refractivity contribution in [3.63, 3.8) is 0 Å². The maximum atomic E-state index is 11.7. The molecule has 0 radical (unpaired) electrons. The summed E-state index contributed by atoms with van der Waals surface area (Å²) in [6.45, 7) is 1.70. The first-order valence-corrected chi connectivity index (χ1v) is 6.18. The highest BCUT2D eigenvalue weighted by atomic mass is 32.2. The molecule has 6 heteroatoms. The van der Waals surface area contributed by atoms with Crippen LogP contribution >= 0.6 is 0 Å². The molecule has 0 saturated carbocycles. The SMILES string of the molecule is COC(=O)CS(=O)(=O)c1ccc(N)c(C)c1. The molecule has 5 nitrogen and oxygen atoms in total. The Kier molecular flexibility index (Phi) is 3.54. The number of sulfone groups is 1. The van der Waals surface area contributed by atoms with Gasteiger partial charge in [-0.05, 0) is 30.7 Å². The Balaban J connectivity index is 3.08. The van der Waals surface area contributed by atoms with Crippen LogP contribution in [0, 0.1) is 6.92 Å². The van der Waals surface area contributed by atoms with Crippen LogP contribution in [-0.4, -0.2) is 27.2 Å². The summed E-state index contributed by atoms with van der Waals surface area (Å²) in [5.41, 5.74) is 6.74. The zero-order valence-corrected chi connectivity index (χ0v) is 9.87. The van der Waals surface area contributed by atoms with Crippen LogP contribution in [0.15, 0.2) is 23.1 Å². The summed E-state index contributed by atoms with van der Waals surface area (Å²) in [4.78, 5) is 11.0. The van der Waals surface area contributed by atoms with E-state index in [9.17, 15) is 13.2 Å². The second-order valence-corrected chi connectivity index (χ2v) is 5.34. The number of anilines is 1. The van der Waals surface area contributed by atoms with E-state index in [1.165, 1.54) is 18.2 Å². The molecule has 0 aliphatic rings. The molecule has 1 rings (SSSR count). The average Bonchev–Trinajstić information content (AvgIpc) is 2.21. The molecule has 0 atom stereocenters. The van der Waals surface area contributed by atoms with Gasteiger partial charge in [0.05, 0.1) is 12.0 Å². The minimum absolute atomic E-state index is 0.0737. The Hall–Kier alpha value is -1.56. The number of nitrogens with two attached hydrogens (primary N) is 1. The van der Waals surface area contributed by atoms with Crippen LogP contribution in [0.25, 0.3) is 0 Å². The van der Waals surface area contributed by atoms with Crippen molar-refractivity contribution in [1.29, 1.82) is 0 Å². The maximum Gasteiger partial charge on any atom is 0.321 e. The van der Waals surface area contributed by atoms with Crippen molar-refractivity contribution in [2.24, 2.45) is 0 Å². The number of hydrogen-bond acceptors (Lipinski definition) is 5. The minimum Gasteiger partial charge on any atom is -0.468 e. The fourth-order valence-corrected chi connectivity index (χ4v) is 2.37. The van der Waals surface area contributed by atoms with Gasteiger partial charge in [-0.15, -0.1) is 0 Å². The Morgan fingerprint density at radius 3 is 2.56 bits per heavy atom. The molecular formula is C10H13NO4S. The third-order valence-corrected chi connectivity index (χ3v) is 3.72. The van der Waals surface area contributed by atoms with Gasteiger partial charge < -0.3 is 10.5 Å². The van der Waals surface area contributed by atoms with Crippen LogP contribution in [-0.2, 0) is 19.4 Å². The monoisotopic (exact) mass is 243 g/mol. The predicted octanol–water partition coefficient (Wildman–Crippen LogP) is 0.524. The topological polar surface area (TPSA) is 86.5 Å². The molecule has 0 amide bonds. The summed E-state index contributed by atoms with van der Waals surface area (Å²) in [7, 11) is -2.50. The largest absolute Gasteiger partial charge is 0.468 e. The molecule has 1 aromatic rings. The van der Waals surface area contributed by atoms with E-state index >= 15 is 0 Å². The van der Waals surface area contributed by atoms with E-state index in [2.05, 4.69) is 4.74 Å². The van der Waals surface area contributed by atoms with Crippen LogP contribution in [0.3, 0.4) is 0 Å². The fraction of sp³-hybridized carbons (Fsp3) is 0.300. The first kappa shape index (κ1) is 12.5. The van der Waals surface area contributed by atoms with Crippen molar-refractivity contribution in [2.75, 3.05) is 18.6 Å². The zero-order valence-electron chi connectivity index (χ0n) is 9.06. The number of benzene rings is 1. The predicted molar refractivity (Wildman–Crippen MR) is 59.7 cm³/mol. The number of carbonyl (C=O) groups is 1. The van der Waals surface area contributed by atoms with Gasteiger partial charge in [-0.1, -0.05) is 0 Å². The third-order valence-electron chi connectivity index (χ3n) is 2.14. The second kappa shape index (κ2) is 4.52. The first-order chi connectivity index (χ1) is 7.36. The number of rotatable bonds is 3. The highest BCUT2D eigenvalue weighted by Crippen LogP contribution is 2.18. The summed E-state index contributed by atoms with van der Waals surface area (Å²) >= 11 is 0. The van der Waals surface area contributed by atoms with Gasteiger partial charge in [0.2, 0.25) is 0 Å². The molecule has 0 bridgehead atoms. The van der Waals surface area contributed by atoms with Gasteiger partial charge in [0, 0.05) is 5.69 Å². The van der Waals surface area contributed by atoms with Crippen molar-refractivity contribution >= 4 is 21.5 Å². The number of hydrogen-bond donors (Lipinski definition) is 1. The van der Waals surface area contributed by atoms with Gasteiger partial charge in [0.1, 0.15) is 0 Å². The van der Waals surface area contributed by atoms with Gasteiger partial charge >= 0.3 is 5.97 Å². The number of esters is 1. The van der Waals surface area contributed by atoms with Crippen LogP contribution in [0.4, 0.5) is 5.69 Å². The van der Waals surface area contributed by atoms with Crippen molar-refractivity contribution in [1.82, 2.24) is 0 Å². The highest BCUT2D eigenvalue weighted by molar-refractivity contribution is 7.92. The Morgan fingerprint density at radius 1 is 1.44 bits per heavy atom. The van der Waals surface area contributed by atoms with Crippen LogP contribution in [0.5, 0.6) is 0 Å². The van der Waals surface area contributed by atoms with Crippen LogP contribution in [0.2, 0.25) is 0 Å². The second-order valence-electron chi connectivity index (χ2n) is 3.35. The number of ether oxygens (including phenoxy) is 1. The van der Waals surface area contributed by atoms with E-state index < -0.39 is 21.6 Å². The molecule has 0 aliphatic carbocycles. The summed E-state index contributed by atoms with van der Waals surface area (Å²) in [6, 6.07) is 4.31. The fourth-order valence-electron chi connectivity index (χ4n) is 1.14. The van der Waals surface area contributed by atoms with E-state index in [1.54, 1.807) is 6.92 Å². The van der Waals surface area contributed by atoms with Crippen molar-refractivity contribution in [3.05, 3.63) is 23.8 Å². The molecule has 16 heavy (non-hydrogen) atoms. The van der Waals surface area contributed by atoms with Crippen molar-refractivity contribution in [2.45, 2.75) is 11.8 Å². The number of nitrogen functional groups attached to an aromatic ring is 1. The molecule has 88 valence electrons. The van der Waals surface area contributed by atoms with E-state index in [0.717, 1.165) is 7.11 Å². The van der Waals surface area contributed by atoms with E-state index in [4.69, 9.17) is 5.73 Å². The summed E-state index contributed by atoms with van der Waals surface area (Å²) < 4.78 is 27.8. The highest BCUT2D eigenvalue weighted by Gasteiger charge is 2.20. The maximum absolute atomic E-state index is 11.7. The molecular weight excluding hydrogens is 230 g/mol. The minimum atomic E-state index is -3.64. The lowest BCUT2D eigenvalue weighted by molar-refractivity contribution is -0.137. The molecule has 0 fully saturated rings. The normalized spacial score (nSPS) is 11.1. The van der Waals surface area contributed by atoms with Gasteiger partial charge in [-0.25, -0.2) is 8.42 Å². The Labute approximate surface area is 94.1 Å². The molecule has 0 saturated heterocycles. The number of methoxy groups -OCH3 is 1. The lowest BCUT2D eigenvalue weighted by Gasteiger charge is -2.05. The summed E-state index contributed by atoms with van der Waals surface area (Å²) in [5, 5.41) is 0. The van der Waals surface area contributed by atoms with E-state index in [0.29, 0.717) is 11.3 Å². The lowest BCUT2D eigenvalue weighted by Crippen LogP contribution is -2.17. The van der Waals surface area contributed by atoms with Gasteiger partial charge in [-0.3, -0.25) is 4.79 Å². The third kappa shape index (κ3) is 2.73. The molecule has 0 spiro atoms. The first-order valence-electron chi connectivity index (χ1n) is 4.52. The van der Waals surface area contributed by atoms with Gasteiger partial charge in [0.15, 0.2) is 15.6 Å². The lowest BCUT2D eigenvalue weighted by atomic mass is 10.2. The summed E-state index contributed by atoms with van der Waals surface area (Å²) in [6.07, 6.45) is 0. The van der Waals surface area contributed by atoms with Crippen LogP contribution < -0.4 is 5.73 Å². The van der Waals surface area contributed by atoms with Crippen molar-refractivity contribution < 1.29 is 17.9 Å². The summed E-state index contributed by atoms with van der Waals surface area (Å²) in [5.74, 6) is -1.44. The smallest absolute Gasteiger partial charge is 0.321 e. The average molecular weight is 243 g/mol.